The molecule has 1 fully saturated rings. The highest BCUT2D eigenvalue weighted by Crippen LogP contribution is 2.47. The molecule has 146 valence electrons. The fourth-order valence-corrected chi connectivity index (χ4v) is 4.02. The number of hydrogen-bond donors (Lipinski definition) is 1. The average Bonchev–Trinajstić information content (AvgIpc) is 3.48. The molecular formula is C21H16BrClN4O2. The molecule has 1 saturated carbocycles. The minimum absolute atomic E-state index is 0.139. The molecular weight excluding hydrogens is 456 g/mol. The average molecular weight is 472 g/mol. The van der Waals surface area contributed by atoms with Crippen LogP contribution < -0.4 is 10.3 Å². The van der Waals surface area contributed by atoms with Gasteiger partial charge in [0.05, 0.1) is 0 Å². The number of nitrogens with zero attached hydrogens (tertiary/aromatic N) is 3. The molecule has 8 heteroatoms. The van der Waals surface area contributed by atoms with Crippen LogP contribution in [-0.4, -0.2) is 19.6 Å². The van der Waals surface area contributed by atoms with Crippen molar-refractivity contribution in [2.45, 2.75) is 25.4 Å². The molecule has 29 heavy (non-hydrogen) atoms. The summed E-state index contributed by atoms with van der Waals surface area (Å²) in [5.41, 5.74) is 2.13. The molecule has 4 aromatic rings. The molecule has 0 radical (unpaired) electrons. The molecule has 0 atom stereocenters. The van der Waals surface area contributed by atoms with Gasteiger partial charge in [-0.05, 0) is 46.8 Å². The quantitative estimate of drug-likeness (QED) is 0.447. The van der Waals surface area contributed by atoms with Crippen LogP contribution in [0.3, 0.4) is 0 Å². The number of rotatable bonds is 5. The molecule has 1 aliphatic carbocycles. The number of H-pyrrole nitrogens is 1. The van der Waals surface area contributed by atoms with E-state index in [1.54, 1.807) is 0 Å². The molecule has 1 aliphatic rings. The third-order valence-electron chi connectivity index (χ3n) is 4.92. The maximum absolute atomic E-state index is 12.8. The normalized spacial score (nSPS) is 13.7. The Kier molecular flexibility index (Phi) is 4.64. The molecule has 0 spiro atoms. The summed E-state index contributed by atoms with van der Waals surface area (Å²) in [5.74, 6) is 2.05. The van der Waals surface area contributed by atoms with Crippen molar-refractivity contribution < 1.29 is 4.74 Å². The van der Waals surface area contributed by atoms with Gasteiger partial charge in [-0.1, -0.05) is 48.0 Å². The van der Waals surface area contributed by atoms with E-state index in [0.717, 1.165) is 29.7 Å². The summed E-state index contributed by atoms with van der Waals surface area (Å²) < 4.78 is 7.68. The molecule has 2 heterocycles. The highest BCUT2D eigenvalue weighted by molar-refractivity contribution is 9.10. The second-order valence-corrected chi connectivity index (χ2v) is 8.17. The van der Waals surface area contributed by atoms with Crippen LogP contribution in [0.4, 0.5) is 0 Å². The van der Waals surface area contributed by atoms with Crippen LogP contribution in [0, 0.1) is 0 Å². The van der Waals surface area contributed by atoms with Gasteiger partial charge >= 0.3 is 0 Å². The molecule has 2 aromatic heterocycles. The Morgan fingerprint density at radius 2 is 1.93 bits per heavy atom. The van der Waals surface area contributed by atoms with E-state index >= 15 is 0 Å². The summed E-state index contributed by atoms with van der Waals surface area (Å²) in [6.07, 6.45) is 2.23. The molecule has 0 amide bonds. The van der Waals surface area contributed by atoms with Gasteiger partial charge in [0, 0.05) is 16.1 Å². The van der Waals surface area contributed by atoms with Crippen LogP contribution in [0.1, 0.15) is 30.0 Å². The van der Waals surface area contributed by atoms with E-state index in [1.807, 2.05) is 48.5 Å². The summed E-state index contributed by atoms with van der Waals surface area (Å²) in [6, 6.07) is 15.2. The van der Waals surface area contributed by atoms with Crippen molar-refractivity contribution in [2.24, 2.45) is 0 Å². The van der Waals surface area contributed by atoms with Gasteiger partial charge in [0.15, 0.2) is 5.82 Å². The minimum atomic E-state index is -0.267. The highest BCUT2D eigenvalue weighted by Gasteiger charge is 2.29. The van der Waals surface area contributed by atoms with E-state index in [0.29, 0.717) is 32.7 Å². The van der Waals surface area contributed by atoms with E-state index in [1.165, 1.54) is 4.52 Å². The zero-order valence-corrected chi connectivity index (χ0v) is 17.6. The second kappa shape index (κ2) is 7.31. The topological polar surface area (TPSA) is 72.3 Å². The summed E-state index contributed by atoms with van der Waals surface area (Å²) >= 11 is 9.73. The maximum atomic E-state index is 12.8. The van der Waals surface area contributed by atoms with Crippen molar-refractivity contribution in [3.05, 3.63) is 79.6 Å². The Hall–Kier alpha value is -2.64. The monoisotopic (exact) mass is 470 g/mol. The van der Waals surface area contributed by atoms with Crippen LogP contribution in [0.25, 0.3) is 17.2 Å². The molecule has 0 bridgehead atoms. The summed E-state index contributed by atoms with van der Waals surface area (Å²) in [5, 5.41) is 3.72. The smallest absolute Gasteiger partial charge is 0.288 e. The number of nitrogens with one attached hydrogen (secondary N) is 1. The molecule has 0 saturated heterocycles. The van der Waals surface area contributed by atoms with Gasteiger partial charge in [-0.3, -0.25) is 9.89 Å². The van der Waals surface area contributed by atoms with Gasteiger partial charge < -0.3 is 4.74 Å². The molecule has 2 aromatic carbocycles. The Bertz CT molecular complexity index is 1270. The first-order chi connectivity index (χ1) is 14.1. The largest absolute Gasteiger partial charge is 0.487 e. The predicted octanol–water partition coefficient (Wildman–Crippen LogP) is 4.96. The Morgan fingerprint density at radius 1 is 1.14 bits per heavy atom. The van der Waals surface area contributed by atoms with Crippen molar-refractivity contribution in [3.63, 3.8) is 0 Å². The summed E-state index contributed by atoms with van der Waals surface area (Å²) in [7, 11) is 0. The van der Waals surface area contributed by atoms with Crippen molar-refractivity contribution in [3.8, 4) is 17.1 Å². The van der Waals surface area contributed by atoms with Gasteiger partial charge in [0.2, 0.25) is 0 Å². The van der Waals surface area contributed by atoms with E-state index in [2.05, 4.69) is 31.0 Å². The minimum Gasteiger partial charge on any atom is -0.487 e. The molecule has 6 nitrogen and oxygen atoms in total. The van der Waals surface area contributed by atoms with Crippen molar-refractivity contribution >= 4 is 33.3 Å². The molecule has 5 rings (SSSR count). The molecule has 0 unspecified atom stereocenters. The SMILES string of the molecule is O=c1c(Br)c(COc2cccc(Cl)c2C2CC2)nc2nc(-c3ccccc3)[nH]n12. The fourth-order valence-electron chi connectivity index (χ4n) is 3.32. The van der Waals surface area contributed by atoms with Crippen LogP contribution >= 0.6 is 27.5 Å². The second-order valence-electron chi connectivity index (χ2n) is 6.97. The lowest BCUT2D eigenvalue weighted by Crippen LogP contribution is -2.19. The van der Waals surface area contributed by atoms with E-state index in [9.17, 15) is 4.79 Å². The number of fused-ring (bicyclic) bond motifs is 1. The molecule has 1 N–H and O–H groups in total. The van der Waals surface area contributed by atoms with Crippen molar-refractivity contribution in [1.29, 1.82) is 0 Å². The fraction of sp³-hybridized carbons (Fsp3) is 0.190. The van der Waals surface area contributed by atoms with Crippen LogP contribution in [0.5, 0.6) is 5.75 Å². The number of benzene rings is 2. The van der Waals surface area contributed by atoms with E-state index < -0.39 is 0 Å². The summed E-state index contributed by atoms with van der Waals surface area (Å²) in [4.78, 5) is 21.8. The third-order valence-corrected chi connectivity index (χ3v) is 6.05. The van der Waals surface area contributed by atoms with Crippen molar-refractivity contribution in [2.75, 3.05) is 0 Å². The maximum Gasteiger partial charge on any atom is 0.288 e. The zero-order valence-electron chi connectivity index (χ0n) is 15.2. The van der Waals surface area contributed by atoms with E-state index in [-0.39, 0.29) is 12.2 Å². The van der Waals surface area contributed by atoms with Crippen molar-refractivity contribution in [1.82, 2.24) is 19.6 Å². The highest BCUT2D eigenvalue weighted by atomic mass is 79.9. The lowest BCUT2D eigenvalue weighted by atomic mass is 10.1. The van der Waals surface area contributed by atoms with Gasteiger partial charge in [-0.2, -0.15) is 9.50 Å². The summed E-state index contributed by atoms with van der Waals surface area (Å²) in [6.45, 7) is 0.139. The Morgan fingerprint density at radius 3 is 2.69 bits per heavy atom. The lowest BCUT2D eigenvalue weighted by Gasteiger charge is -2.12. The Balaban J connectivity index is 1.49. The zero-order chi connectivity index (χ0) is 20.0. The predicted molar refractivity (Wildman–Crippen MR) is 115 cm³/mol. The first kappa shape index (κ1) is 18.4. The Labute approximate surface area is 179 Å². The van der Waals surface area contributed by atoms with E-state index in [4.69, 9.17) is 16.3 Å². The lowest BCUT2D eigenvalue weighted by molar-refractivity contribution is 0.297. The third kappa shape index (κ3) is 3.45. The number of aromatic amines is 1. The number of hydrogen-bond acceptors (Lipinski definition) is 4. The van der Waals surface area contributed by atoms with Gasteiger partial charge in [-0.15, -0.1) is 0 Å². The van der Waals surface area contributed by atoms with Gasteiger partial charge in [0.25, 0.3) is 11.3 Å². The van der Waals surface area contributed by atoms with Crippen LogP contribution in [-0.2, 0) is 6.61 Å². The number of halogens is 2. The standard InChI is InChI=1S/C21H16BrClN4O2/c22-18-15(11-29-16-8-4-7-14(23)17(16)12-9-10-12)24-21-25-19(26-27(21)20(18)28)13-5-2-1-3-6-13/h1-8,12H,9-11H2,(H,24,25,26). The first-order valence-electron chi connectivity index (χ1n) is 9.25. The van der Waals surface area contributed by atoms with Gasteiger partial charge in [0.1, 0.15) is 22.5 Å². The van der Waals surface area contributed by atoms with Crippen LogP contribution in [0.15, 0.2) is 57.8 Å². The van der Waals surface area contributed by atoms with Crippen LogP contribution in [0.2, 0.25) is 5.02 Å². The number of ether oxygens (including phenoxy) is 1. The number of aromatic nitrogens is 4. The van der Waals surface area contributed by atoms with Gasteiger partial charge in [-0.25, -0.2) is 4.98 Å². The first-order valence-corrected chi connectivity index (χ1v) is 10.4. The molecule has 0 aliphatic heterocycles.